The first-order valence-electron chi connectivity index (χ1n) is 6.51. The second-order valence-electron chi connectivity index (χ2n) is 4.95. The smallest absolute Gasteiger partial charge is 0.149 e. The summed E-state index contributed by atoms with van der Waals surface area (Å²) in [6, 6.07) is 5.11. The average molecular weight is 261 g/mol. The largest absolute Gasteiger partial charge is 0.377 e. The summed E-state index contributed by atoms with van der Waals surface area (Å²) in [6.07, 6.45) is 1.78. The molecule has 3 nitrogen and oxygen atoms in total. The van der Waals surface area contributed by atoms with E-state index in [9.17, 15) is 4.39 Å². The average Bonchev–Trinajstić information content (AvgIpc) is 2.36. The molecule has 0 saturated carbocycles. The van der Waals surface area contributed by atoms with Crippen LogP contribution in [-0.4, -0.2) is 25.6 Å². The lowest BCUT2D eigenvalue weighted by Crippen LogP contribution is -2.15. The lowest BCUT2D eigenvalue weighted by molar-refractivity contribution is 0.636. The van der Waals surface area contributed by atoms with Crippen molar-refractivity contribution in [3.05, 3.63) is 35.3 Å². The van der Waals surface area contributed by atoms with E-state index in [1.165, 1.54) is 6.07 Å². The maximum Gasteiger partial charge on any atom is 0.149 e. The van der Waals surface area contributed by atoms with Crippen molar-refractivity contribution >= 4 is 16.6 Å². The van der Waals surface area contributed by atoms with Crippen LogP contribution in [0.3, 0.4) is 0 Å². The molecule has 0 saturated heterocycles. The van der Waals surface area contributed by atoms with Crippen molar-refractivity contribution < 1.29 is 4.39 Å². The van der Waals surface area contributed by atoms with Gasteiger partial charge in [0.1, 0.15) is 11.3 Å². The first kappa shape index (κ1) is 13.7. The Hall–Kier alpha value is -1.68. The number of nitrogens with two attached hydrogens (primary N) is 1. The summed E-state index contributed by atoms with van der Waals surface area (Å²) in [5.41, 5.74) is 9.14. The molecule has 0 aliphatic rings. The van der Waals surface area contributed by atoms with Crippen molar-refractivity contribution in [2.24, 2.45) is 5.73 Å². The Kier molecular flexibility index (Phi) is 4.00. The van der Waals surface area contributed by atoms with E-state index >= 15 is 0 Å². The number of benzene rings is 1. The first-order chi connectivity index (χ1) is 9.06. The molecule has 2 aromatic rings. The summed E-state index contributed by atoms with van der Waals surface area (Å²) >= 11 is 0. The highest BCUT2D eigenvalue weighted by atomic mass is 19.1. The van der Waals surface area contributed by atoms with Gasteiger partial charge in [-0.3, -0.25) is 0 Å². The molecule has 2 rings (SSSR count). The van der Waals surface area contributed by atoms with Gasteiger partial charge in [0.05, 0.1) is 5.69 Å². The van der Waals surface area contributed by atoms with Gasteiger partial charge in [-0.25, -0.2) is 9.37 Å². The Labute approximate surface area is 113 Å². The van der Waals surface area contributed by atoms with Gasteiger partial charge in [-0.05, 0) is 37.9 Å². The standard InChI is InChI=1S/C15H20FN3/c1-10-11(7-5-9-17)15(19(2)3)12-6-4-8-13(16)14(12)18-10/h4,6,8H,5,7,9,17H2,1-3H3. The Balaban J connectivity index is 2.74. The SMILES string of the molecule is Cc1nc2c(F)cccc2c(N(C)C)c1CCCN. The van der Waals surface area contributed by atoms with E-state index in [1.54, 1.807) is 6.07 Å². The third-order valence-electron chi connectivity index (χ3n) is 3.32. The van der Waals surface area contributed by atoms with Crippen molar-refractivity contribution in [2.75, 3.05) is 25.5 Å². The van der Waals surface area contributed by atoms with Crippen molar-refractivity contribution in [3.8, 4) is 0 Å². The van der Waals surface area contributed by atoms with Crippen molar-refractivity contribution in [2.45, 2.75) is 19.8 Å². The maximum atomic E-state index is 13.9. The minimum absolute atomic E-state index is 0.269. The molecule has 0 aliphatic carbocycles. The molecule has 4 heteroatoms. The van der Waals surface area contributed by atoms with Crippen LogP contribution in [0.5, 0.6) is 0 Å². The first-order valence-corrected chi connectivity index (χ1v) is 6.51. The van der Waals surface area contributed by atoms with Crippen molar-refractivity contribution in [1.29, 1.82) is 0 Å². The Morgan fingerprint density at radius 3 is 2.68 bits per heavy atom. The van der Waals surface area contributed by atoms with Crippen LogP contribution >= 0.6 is 0 Å². The van der Waals surface area contributed by atoms with Gasteiger partial charge in [0, 0.05) is 25.2 Å². The molecule has 0 fully saturated rings. The van der Waals surface area contributed by atoms with Crippen LogP contribution < -0.4 is 10.6 Å². The number of halogens is 1. The van der Waals surface area contributed by atoms with Gasteiger partial charge in [-0.1, -0.05) is 12.1 Å². The molecular weight excluding hydrogens is 241 g/mol. The predicted molar refractivity (Wildman–Crippen MR) is 78.1 cm³/mol. The van der Waals surface area contributed by atoms with Crippen LogP contribution in [0, 0.1) is 12.7 Å². The number of anilines is 1. The normalized spacial score (nSPS) is 11.0. The van der Waals surface area contributed by atoms with Gasteiger partial charge in [0.15, 0.2) is 0 Å². The van der Waals surface area contributed by atoms with Gasteiger partial charge >= 0.3 is 0 Å². The highest BCUT2D eigenvalue weighted by Gasteiger charge is 2.15. The van der Waals surface area contributed by atoms with Crippen LogP contribution in [-0.2, 0) is 6.42 Å². The van der Waals surface area contributed by atoms with E-state index in [4.69, 9.17) is 5.73 Å². The van der Waals surface area contributed by atoms with Gasteiger partial charge < -0.3 is 10.6 Å². The third-order valence-corrected chi connectivity index (χ3v) is 3.32. The molecule has 0 spiro atoms. The van der Waals surface area contributed by atoms with Gasteiger partial charge in [0.25, 0.3) is 0 Å². The van der Waals surface area contributed by atoms with Crippen LogP contribution in [0.2, 0.25) is 0 Å². The number of aryl methyl sites for hydroxylation is 1. The fourth-order valence-electron chi connectivity index (χ4n) is 2.48. The van der Waals surface area contributed by atoms with Crippen LogP contribution in [0.15, 0.2) is 18.2 Å². The van der Waals surface area contributed by atoms with Crippen molar-refractivity contribution in [3.63, 3.8) is 0 Å². The molecule has 0 aliphatic heterocycles. The second-order valence-corrected chi connectivity index (χ2v) is 4.95. The summed E-state index contributed by atoms with van der Waals surface area (Å²) in [6.45, 7) is 2.58. The van der Waals surface area contributed by atoms with E-state index in [1.807, 2.05) is 32.0 Å². The molecule has 2 N–H and O–H groups in total. The van der Waals surface area contributed by atoms with E-state index in [2.05, 4.69) is 4.98 Å². The van der Waals surface area contributed by atoms with Gasteiger partial charge in [-0.15, -0.1) is 0 Å². The van der Waals surface area contributed by atoms with E-state index < -0.39 is 0 Å². The maximum absolute atomic E-state index is 13.9. The summed E-state index contributed by atoms with van der Waals surface area (Å²) in [4.78, 5) is 6.46. The fraction of sp³-hybridized carbons (Fsp3) is 0.400. The van der Waals surface area contributed by atoms with E-state index in [-0.39, 0.29) is 5.82 Å². The number of nitrogens with zero attached hydrogens (tertiary/aromatic N) is 2. The summed E-state index contributed by atoms with van der Waals surface area (Å²) in [5.74, 6) is -0.269. The number of rotatable bonds is 4. The summed E-state index contributed by atoms with van der Waals surface area (Å²) in [7, 11) is 3.95. The quantitative estimate of drug-likeness (QED) is 0.920. The summed E-state index contributed by atoms with van der Waals surface area (Å²) in [5, 5.41) is 0.864. The molecule has 0 radical (unpaired) electrons. The molecule has 19 heavy (non-hydrogen) atoms. The molecule has 1 aromatic carbocycles. The minimum Gasteiger partial charge on any atom is -0.377 e. The number of aromatic nitrogens is 1. The van der Waals surface area contributed by atoms with E-state index in [0.29, 0.717) is 12.1 Å². The summed E-state index contributed by atoms with van der Waals surface area (Å²) < 4.78 is 13.9. The zero-order chi connectivity index (χ0) is 14.0. The molecule has 0 unspecified atom stereocenters. The van der Waals surface area contributed by atoms with Crippen LogP contribution in [0.25, 0.3) is 10.9 Å². The number of pyridine rings is 1. The fourth-order valence-corrected chi connectivity index (χ4v) is 2.48. The van der Waals surface area contributed by atoms with Gasteiger partial charge in [-0.2, -0.15) is 0 Å². The predicted octanol–water partition coefficient (Wildman–Crippen LogP) is 2.64. The lowest BCUT2D eigenvalue weighted by Gasteiger charge is -2.21. The molecular formula is C15H20FN3. The highest BCUT2D eigenvalue weighted by molar-refractivity contribution is 5.94. The molecule has 0 atom stereocenters. The number of fused-ring (bicyclic) bond motifs is 1. The highest BCUT2D eigenvalue weighted by Crippen LogP contribution is 2.32. The number of hydrogen-bond acceptors (Lipinski definition) is 3. The monoisotopic (exact) mass is 261 g/mol. The minimum atomic E-state index is -0.269. The third kappa shape index (κ3) is 2.54. The molecule has 0 amide bonds. The Bertz CT molecular complexity index is 593. The Morgan fingerprint density at radius 1 is 1.32 bits per heavy atom. The molecule has 0 bridgehead atoms. The molecule has 102 valence electrons. The van der Waals surface area contributed by atoms with Crippen LogP contribution in [0.4, 0.5) is 10.1 Å². The van der Waals surface area contributed by atoms with Gasteiger partial charge in [0.2, 0.25) is 0 Å². The number of para-hydroxylation sites is 1. The zero-order valence-electron chi connectivity index (χ0n) is 11.7. The second kappa shape index (κ2) is 5.53. The van der Waals surface area contributed by atoms with E-state index in [0.717, 1.165) is 35.2 Å². The topological polar surface area (TPSA) is 42.2 Å². The number of hydrogen-bond donors (Lipinski definition) is 1. The Morgan fingerprint density at radius 2 is 2.05 bits per heavy atom. The molecule has 1 heterocycles. The van der Waals surface area contributed by atoms with Crippen LogP contribution in [0.1, 0.15) is 17.7 Å². The zero-order valence-corrected chi connectivity index (χ0v) is 11.7. The molecule has 1 aromatic heterocycles. The lowest BCUT2D eigenvalue weighted by atomic mass is 10.0. The van der Waals surface area contributed by atoms with Crippen molar-refractivity contribution in [1.82, 2.24) is 4.98 Å².